The van der Waals surface area contributed by atoms with Gasteiger partial charge in [-0.1, -0.05) is 39.5 Å². The molecule has 1 aromatic heterocycles. The minimum atomic E-state index is -0.467. The van der Waals surface area contributed by atoms with Gasteiger partial charge in [0, 0.05) is 25.7 Å². The Morgan fingerprint density at radius 1 is 1.21 bits per heavy atom. The zero-order chi connectivity index (χ0) is 25.1. The van der Waals surface area contributed by atoms with Crippen LogP contribution in [-0.4, -0.2) is 65.1 Å². The molecule has 0 radical (unpaired) electrons. The fraction of sp³-hybridized carbons (Fsp3) is 0.800. The maximum absolute atomic E-state index is 12.9. The van der Waals surface area contributed by atoms with E-state index < -0.39 is 17.6 Å². The van der Waals surface area contributed by atoms with Crippen LogP contribution in [0.4, 0.5) is 4.79 Å². The number of aromatic nitrogens is 1. The molecule has 2 atom stereocenters. The first-order valence-electron chi connectivity index (χ1n) is 12.6. The average Bonchev–Trinajstić information content (AvgIpc) is 3.37. The molecular formula is C25H43N3O6. The Bertz CT molecular complexity index is 758. The number of carbonyl (C=O) groups is 2. The Balaban J connectivity index is 1.59. The number of amides is 2. The van der Waals surface area contributed by atoms with E-state index in [0.29, 0.717) is 44.3 Å². The molecule has 2 heterocycles. The molecule has 2 unspecified atom stereocenters. The van der Waals surface area contributed by atoms with Crippen LogP contribution in [0.1, 0.15) is 91.2 Å². The molecule has 194 valence electrons. The number of likely N-dealkylation sites (tertiary alicyclic amines) is 1. The monoisotopic (exact) mass is 481 g/mol. The summed E-state index contributed by atoms with van der Waals surface area (Å²) in [5.74, 6) is 0.500. The summed E-state index contributed by atoms with van der Waals surface area (Å²) in [6.45, 7) is 11.6. The minimum absolute atomic E-state index is 0.0319. The average molecular weight is 482 g/mol. The van der Waals surface area contributed by atoms with Gasteiger partial charge in [-0.3, -0.25) is 4.79 Å². The molecule has 0 bridgehead atoms. The lowest BCUT2D eigenvalue weighted by Gasteiger charge is -2.23. The number of nitrogens with zero attached hydrogens (tertiary/aromatic N) is 2. The van der Waals surface area contributed by atoms with Gasteiger partial charge in [0.2, 0.25) is 5.91 Å². The van der Waals surface area contributed by atoms with Crippen molar-refractivity contribution in [2.24, 2.45) is 5.92 Å². The van der Waals surface area contributed by atoms with Gasteiger partial charge in [-0.05, 0) is 51.1 Å². The van der Waals surface area contributed by atoms with Gasteiger partial charge < -0.3 is 29.3 Å². The summed E-state index contributed by atoms with van der Waals surface area (Å²) in [6, 6.07) is 1.72. The molecule has 1 fully saturated rings. The predicted molar refractivity (Wildman–Crippen MR) is 129 cm³/mol. The normalized spacial score (nSPS) is 17.1. The SMILES string of the molecule is CC(C)C(C(=O)N1CCC(O)C1)c1cc(OCCCCCCCCNC(=O)OC(C)(C)C)no1. The Labute approximate surface area is 203 Å². The molecule has 1 aromatic rings. The van der Waals surface area contributed by atoms with Crippen molar-refractivity contribution < 1.29 is 28.7 Å². The lowest BCUT2D eigenvalue weighted by atomic mass is 9.92. The van der Waals surface area contributed by atoms with Crippen molar-refractivity contribution in [2.75, 3.05) is 26.2 Å². The quantitative estimate of drug-likeness (QED) is 0.405. The largest absolute Gasteiger partial charge is 0.476 e. The molecule has 0 aliphatic carbocycles. The van der Waals surface area contributed by atoms with Gasteiger partial charge >= 0.3 is 6.09 Å². The highest BCUT2D eigenvalue weighted by Crippen LogP contribution is 2.30. The Morgan fingerprint density at radius 3 is 2.50 bits per heavy atom. The number of hydrogen-bond acceptors (Lipinski definition) is 7. The summed E-state index contributed by atoms with van der Waals surface area (Å²) in [4.78, 5) is 26.2. The first-order chi connectivity index (χ1) is 16.1. The Kier molecular flexibility index (Phi) is 11.1. The number of aliphatic hydroxyl groups excluding tert-OH is 1. The molecule has 1 saturated heterocycles. The molecule has 9 nitrogen and oxygen atoms in total. The van der Waals surface area contributed by atoms with E-state index in [2.05, 4.69) is 10.5 Å². The molecule has 1 aliphatic heterocycles. The van der Waals surface area contributed by atoms with Crippen LogP contribution in [0.3, 0.4) is 0 Å². The van der Waals surface area contributed by atoms with Crippen LogP contribution < -0.4 is 10.1 Å². The number of rotatable bonds is 13. The maximum Gasteiger partial charge on any atom is 0.407 e. The number of ether oxygens (including phenoxy) is 2. The molecule has 0 aromatic carbocycles. The van der Waals surface area contributed by atoms with Crippen LogP contribution >= 0.6 is 0 Å². The Morgan fingerprint density at radius 2 is 1.88 bits per heavy atom. The molecule has 2 rings (SSSR count). The van der Waals surface area contributed by atoms with Crippen LogP contribution in [0, 0.1) is 5.92 Å². The number of unbranched alkanes of at least 4 members (excludes halogenated alkanes) is 5. The van der Waals surface area contributed by atoms with Crippen LogP contribution in [0.15, 0.2) is 10.6 Å². The van der Waals surface area contributed by atoms with Gasteiger partial charge in [0.1, 0.15) is 11.5 Å². The van der Waals surface area contributed by atoms with E-state index in [0.717, 1.165) is 38.5 Å². The summed E-state index contributed by atoms with van der Waals surface area (Å²) in [7, 11) is 0. The maximum atomic E-state index is 12.9. The summed E-state index contributed by atoms with van der Waals surface area (Å²) in [5, 5.41) is 16.5. The molecular weight excluding hydrogens is 438 g/mol. The van der Waals surface area contributed by atoms with E-state index in [4.69, 9.17) is 14.0 Å². The van der Waals surface area contributed by atoms with E-state index in [9.17, 15) is 14.7 Å². The number of hydrogen-bond donors (Lipinski definition) is 2. The van der Waals surface area contributed by atoms with Crippen molar-refractivity contribution in [3.05, 3.63) is 11.8 Å². The Hall–Kier alpha value is -2.29. The second-order valence-corrected chi connectivity index (χ2v) is 10.4. The minimum Gasteiger partial charge on any atom is -0.476 e. The first kappa shape index (κ1) is 28.0. The van der Waals surface area contributed by atoms with Crippen molar-refractivity contribution >= 4 is 12.0 Å². The molecule has 1 aliphatic rings. The van der Waals surface area contributed by atoms with Crippen molar-refractivity contribution in [2.45, 2.75) is 97.2 Å². The molecule has 2 N–H and O–H groups in total. The van der Waals surface area contributed by atoms with Gasteiger partial charge in [0.25, 0.3) is 5.88 Å². The fourth-order valence-electron chi connectivity index (χ4n) is 3.98. The van der Waals surface area contributed by atoms with E-state index in [1.807, 2.05) is 34.6 Å². The van der Waals surface area contributed by atoms with Crippen LogP contribution in [0.2, 0.25) is 0 Å². The summed E-state index contributed by atoms with van der Waals surface area (Å²) in [5.41, 5.74) is -0.467. The third-order valence-electron chi connectivity index (χ3n) is 5.71. The van der Waals surface area contributed by atoms with Gasteiger partial charge in [-0.2, -0.15) is 0 Å². The summed E-state index contributed by atoms with van der Waals surface area (Å²) < 4.78 is 16.4. The van der Waals surface area contributed by atoms with Gasteiger partial charge in [0.05, 0.1) is 12.7 Å². The van der Waals surface area contributed by atoms with E-state index in [-0.39, 0.29) is 17.9 Å². The lowest BCUT2D eigenvalue weighted by Crippen LogP contribution is -2.35. The zero-order valence-corrected chi connectivity index (χ0v) is 21.5. The number of aliphatic hydroxyl groups is 1. The standard InChI is InChI=1S/C25H43N3O6/c1-18(2)22(23(30)28-14-12-19(29)17-28)20-16-21(27-34-20)32-15-11-9-7-6-8-10-13-26-24(31)33-25(3,4)5/h16,18-19,22,29H,6-15,17H2,1-5H3,(H,26,31). The van der Waals surface area contributed by atoms with Crippen molar-refractivity contribution in [1.82, 2.24) is 15.4 Å². The van der Waals surface area contributed by atoms with Crippen LogP contribution in [-0.2, 0) is 9.53 Å². The van der Waals surface area contributed by atoms with Gasteiger partial charge in [0.15, 0.2) is 5.76 Å². The molecule has 9 heteroatoms. The number of β-amino-alcohol motifs (C(OH)–C–C–N with tert-alkyl or cyclic N) is 1. The van der Waals surface area contributed by atoms with E-state index in [1.54, 1.807) is 11.0 Å². The number of nitrogens with one attached hydrogen (secondary N) is 1. The molecule has 0 spiro atoms. The first-order valence-corrected chi connectivity index (χ1v) is 12.6. The topological polar surface area (TPSA) is 114 Å². The second-order valence-electron chi connectivity index (χ2n) is 10.4. The van der Waals surface area contributed by atoms with Crippen LogP contribution in [0.5, 0.6) is 5.88 Å². The summed E-state index contributed by atoms with van der Waals surface area (Å²) >= 11 is 0. The highest BCUT2D eigenvalue weighted by Gasteiger charge is 2.35. The molecule has 2 amide bonds. The van der Waals surface area contributed by atoms with Gasteiger partial charge in [-0.25, -0.2) is 4.79 Å². The van der Waals surface area contributed by atoms with Gasteiger partial charge in [-0.15, -0.1) is 0 Å². The highest BCUT2D eigenvalue weighted by atomic mass is 16.6. The second kappa shape index (κ2) is 13.6. The third kappa shape index (κ3) is 9.91. The van der Waals surface area contributed by atoms with Crippen molar-refractivity contribution in [3.8, 4) is 5.88 Å². The molecule has 34 heavy (non-hydrogen) atoms. The van der Waals surface area contributed by atoms with E-state index >= 15 is 0 Å². The predicted octanol–water partition coefficient (Wildman–Crippen LogP) is 4.25. The zero-order valence-electron chi connectivity index (χ0n) is 21.5. The smallest absolute Gasteiger partial charge is 0.407 e. The third-order valence-corrected chi connectivity index (χ3v) is 5.71. The molecule has 0 saturated carbocycles. The van der Waals surface area contributed by atoms with E-state index in [1.165, 1.54) is 0 Å². The van der Waals surface area contributed by atoms with Crippen LogP contribution in [0.25, 0.3) is 0 Å². The van der Waals surface area contributed by atoms with Crippen molar-refractivity contribution in [1.29, 1.82) is 0 Å². The fourth-order valence-corrected chi connectivity index (χ4v) is 3.98. The number of alkyl carbamates (subject to hydrolysis) is 1. The highest BCUT2D eigenvalue weighted by molar-refractivity contribution is 5.83. The number of carbonyl (C=O) groups excluding carboxylic acids is 2. The lowest BCUT2D eigenvalue weighted by molar-refractivity contribution is -0.133. The van der Waals surface area contributed by atoms with Crippen molar-refractivity contribution in [3.63, 3.8) is 0 Å². The summed E-state index contributed by atoms with van der Waals surface area (Å²) in [6.07, 6.45) is 5.97.